The minimum Gasteiger partial charge on any atom is -0.481 e. The van der Waals surface area contributed by atoms with Crippen molar-refractivity contribution in [1.82, 2.24) is 4.90 Å². The Kier molecular flexibility index (Phi) is 9.87. The van der Waals surface area contributed by atoms with E-state index >= 15 is 0 Å². The number of benzene rings is 3. The van der Waals surface area contributed by atoms with E-state index in [1.54, 1.807) is 19.1 Å². The van der Waals surface area contributed by atoms with Gasteiger partial charge in [-0.05, 0) is 85.7 Å². The Labute approximate surface area is 275 Å². The second-order valence-electron chi connectivity index (χ2n) is 12.7. The van der Waals surface area contributed by atoms with Crippen LogP contribution in [0.1, 0.15) is 68.6 Å². The van der Waals surface area contributed by atoms with Crippen molar-refractivity contribution in [1.29, 1.82) is 0 Å². The first-order valence-corrected chi connectivity index (χ1v) is 16.6. The number of aliphatic carboxylic acids is 1. The maximum Gasteiger partial charge on any atom is 0.308 e. The van der Waals surface area contributed by atoms with Gasteiger partial charge in [0.15, 0.2) is 23.0 Å². The molecule has 0 saturated carbocycles. The van der Waals surface area contributed by atoms with E-state index in [0.717, 1.165) is 36.8 Å². The van der Waals surface area contributed by atoms with Crippen molar-refractivity contribution < 1.29 is 38.0 Å². The van der Waals surface area contributed by atoms with Crippen LogP contribution in [0.2, 0.25) is 0 Å². The third-order valence-electron chi connectivity index (χ3n) is 9.68. The summed E-state index contributed by atoms with van der Waals surface area (Å²) in [6.45, 7) is 6.58. The van der Waals surface area contributed by atoms with Gasteiger partial charge in [-0.25, -0.2) is 4.39 Å². The van der Waals surface area contributed by atoms with E-state index in [1.165, 1.54) is 6.07 Å². The Morgan fingerprint density at radius 3 is 2.45 bits per heavy atom. The van der Waals surface area contributed by atoms with Gasteiger partial charge in [-0.2, -0.15) is 0 Å². The highest BCUT2D eigenvalue weighted by atomic mass is 19.1. The molecule has 0 aromatic heterocycles. The number of likely N-dealkylation sites (tertiary alicyclic amines) is 1. The maximum absolute atomic E-state index is 14.5. The summed E-state index contributed by atoms with van der Waals surface area (Å²) in [7, 11) is 0. The molecule has 0 aliphatic carbocycles. The number of ether oxygens (including phenoxy) is 4. The molecule has 0 spiro atoms. The number of halogens is 1. The summed E-state index contributed by atoms with van der Waals surface area (Å²) in [5.41, 5.74) is 2.91. The minimum absolute atomic E-state index is 0.0301. The van der Waals surface area contributed by atoms with Gasteiger partial charge in [-0.15, -0.1) is 0 Å². The van der Waals surface area contributed by atoms with Gasteiger partial charge < -0.3 is 29.0 Å². The van der Waals surface area contributed by atoms with E-state index in [9.17, 15) is 19.1 Å². The second-order valence-corrected chi connectivity index (χ2v) is 12.7. The number of rotatable bonds is 13. The molecule has 1 amide bonds. The zero-order valence-corrected chi connectivity index (χ0v) is 27.2. The van der Waals surface area contributed by atoms with Crippen molar-refractivity contribution in [2.45, 2.75) is 77.3 Å². The number of nitrogens with zero attached hydrogens (tertiary/aromatic N) is 2. The molecule has 250 valence electrons. The van der Waals surface area contributed by atoms with Gasteiger partial charge in [0.2, 0.25) is 19.5 Å². The van der Waals surface area contributed by atoms with E-state index in [2.05, 4.69) is 13.8 Å². The molecular weight excluding hydrogens is 603 g/mol. The maximum atomic E-state index is 14.5. The monoisotopic (exact) mass is 646 g/mol. The highest BCUT2D eigenvalue weighted by molar-refractivity contribution is 5.95. The van der Waals surface area contributed by atoms with Crippen molar-refractivity contribution in [3.05, 3.63) is 77.1 Å². The van der Waals surface area contributed by atoms with Crippen LogP contribution < -0.4 is 23.8 Å². The Morgan fingerprint density at radius 2 is 1.70 bits per heavy atom. The predicted octanol–water partition coefficient (Wildman–Crippen LogP) is 6.69. The van der Waals surface area contributed by atoms with Crippen molar-refractivity contribution in [2.24, 2.45) is 5.92 Å². The molecule has 9 nitrogen and oxygen atoms in total. The van der Waals surface area contributed by atoms with E-state index in [0.29, 0.717) is 53.6 Å². The summed E-state index contributed by atoms with van der Waals surface area (Å²) in [6.07, 6.45) is 4.43. The molecule has 3 heterocycles. The van der Waals surface area contributed by atoms with Gasteiger partial charge in [-0.1, -0.05) is 44.9 Å². The molecule has 3 aromatic carbocycles. The van der Waals surface area contributed by atoms with Crippen LogP contribution in [-0.4, -0.2) is 60.6 Å². The fourth-order valence-corrected chi connectivity index (χ4v) is 7.48. The summed E-state index contributed by atoms with van der Waals surface area (Å²) in [4.78, 5) is 31.5. The number of hydrogen-bond donors (Lipinski definition) is 1. The van der Waals surface area contributed by atoms with Crippen LogP contribution in [-0.2, 0) is 16.0 Å². The average Bonchev–Trinajstić information content (AvgIpc) is 3.80. The van der Waals surface area contributed by atoms with E-state index < -0.39 is 17.9 Å². The lowest BCUT2D eigenvalue weighted by Gasteiger charge is -2.35. The van der Waals surface area contributed by atoms with Crippen molar-refractivity contribution in [3.63, 3.8) is 0 Å². The van der Waals surface area contributed by atoms with Crippen LogP contribution in [0, 0.1) is 18.7 Å². The molecule has 3 aromatic rings. The Bertz CT molecular complexity index is 1610. The third kappa shape index (κ3) is 6.74. The standard InChI is InChI=1S/C37H43FN2O7/c1-4-7-26(8-5-2)40(27-13-14-29(38)23(3)17-27)34(41)20-39-19-28(25-12-16-31-33(18-25)46-21-44-31)35(37(42)43)30(39)15-11-24-9-6-10-32-36(24)47-22-45-32/h6,9-10,12-14,16-18,26,28,30,35H,4-5,7-8,11,15,19-22H2,1-3H3,(H,42,43). The summed E-state index contributed by atoms with van der Waals surface area (Å²) in [6, 6.07) is 15.6. The highest BCUT2D eigenvalue weighted by Gasteiger charge is 2.47. The summed E-state index contributed by atoms with van der Waals surface area (Å²) >= 11 is 0. The van der Waals surface area contributed by atoms with Gasteiger partial charge in [0, 0.05) is 30.2 Å². The van der Waals surface area contributed by atoms with Crippen LogP contribution in [0.15, 0.2) is 54.6 Å². The van der Waals surface area contributed by atoms with Crippen molar-refractivity contribution >= 4 is 17.6 Å². The number of carboxylic acid groups (broad SMARTS) is 1. The van der Waals surface area contributed by atoms with Crippen LogP contribution >= 0.6 is 0 Å². The van der Waals surface area contributed by atoms with Crippen LogP contribution in [0.5, 0.6) is 23.0 Å². The quantitative estimate of drug-likeness (QED) is 0.219. The van der Waals surface area contributed by atoms with Gasteiger partial charge in [0.05, 0.1) is 12.5 Å². The van der Waals surface area contributed by atoms with Gasteiger partial charge in [0.25, 0.3) is 0 Å². The lowest BCUT2D eigenvalue weighted by atomic mass is 9.83. The minimum atomic E-state index is -0.911. The summed E-state index contributed by atoms with van der Waals surface area (Å²) in [5, 5.41) is 10.7. The zero-order chi connectivity index (χ0) is 33.1. The van der Waals surface area contributed by atoms with Crippen LogP contribution in [0.3, 0.4) is 0 Å². The number of amides is 1. The zero-order valence-electron chi connectivity index (χ0n) is 27.2. The van der Waals surface area contributed by atoms with Crippen LogP contribution in [0.4, 0.5) is 10.1 Å². The largest absolute Gasteiger partial charge is 0.481 e. The molecule has 6 rings (SSSR count). The SMILES string of the molecule is CCCC(CCC)N(C(=O)CN1CC(c2ccc3c(c2)OCO3)C(C(=O)O)C1CCc1cccc2c1OCO2)c1ccc(F)c(C)c1. The molecule has 0 radical (unpaired) electrons. The number of fused-ring (bicyclic) bond motifs is 2. The lowest BCUT2D eigenvalue weighted by Crippen LogP contribution is -2.48. The highest BCUT2D eigenvalue weighted by Crippen LogP contribution is 2.44. The topological polar surface area (TPSA) is 97.8 Å². The Balaban J connectivity index is 1.34. The van der Waals surface area contributed by atoms with Gasteiger partial charge >= 0.3 is 5.97 Å². The normalized spacial score (nSPS) is 19.8. The van der Waals surface area contributed by atoms with E-state index in [1.807, 2.05) is 46.2 Å². The number of carbonyl (C=O) groups is 2. The first-order valence-electron chi connectivity index (χ1n) is 16.6. The number of aryl methyl sites for hydroxylation is 2. The third-order valence-corrected chi connectivity index (χ3v) is 9.68. The lowest BCUT2D eigenvalue weighted by molar-refractivity contribution is -0.143. The fourth-order valence-electron chi connectivity index (χ4n) is 7.48. The average molecular weight is 647 g/mol. The molecule has 10 heteroatoms. The second kappa shape index (κ2) is 14.2. The van der Waals surface area contributed by atoms with Gasteiger partial charge in [-0.3, -0.25) is 14.5 Å². The van der Waals surface area contributed by atoms with Gasteiger partial charge in [0.1, 0.15) is 5.82 Å². The molecule has 3 aliphatic rings. The molecule has 3 aliphatic heterocycles. The number of anilines is 1. The molecule has 0 bridgehead atoms. The molecule has 1 N–H and O–H groups in total. The molecule has 3 atom stereocenters. The Morgan fingerprint density at radius 1 is 0.957 bits per heavy atom. The van der Waals surface area contributed by atoms with Crippen molar-refractivity contribution in [3.8, 4) is 23.0 Å². The summed E-state index contributed by atoms with van der Waals surface area (Å²) < 4.78 is 36.8. The Hall–Kier alpha value is -4.31. The smallest absolute Gasteiger partial charge is 0.308 e. The number of para-hydroxylation sites is 1. The number of hydrogen-bond acceptors (Lipinski definition) is 7. The summed E-state index contributed by atoms with van der Waals surface area (Å²) in [5.74, 6) is 0.0717. The van der Waals surface area contributed by atoms with E-state index in [4.69, 9.17) is 18.9 Å². The van der Waals surface area contributed by atoms with Crippen LogP contribution in [0.25, 0.3) is 0 Å². The molecule has 3 unspecified atom stereocenters. The molecule has 1 saturated heterocycles. The molecule has 47 heavy (non-hydrogen) atoms. The first kappa shape index (κ1) is 32.6. The van der Waals surface area contributed by atoms with Crippen molar-refractivity contribution in [2.75, 3.05) is 31.6 Å². The molecule has 1 fully saturated rings. The molecular formula is C37H43FN2O7. The fraction of sp³-hybridized carbons (Fsp3) is 0.459. The number of carboxylic acids is 1. The first-order chi connectivity index (χ1) is 22.8. The van der Waals surface area contributed by atoms with E-state index in [-0.39, 0.29) is 43.8 Å². The number of carbonyl (C=O) groups excluding carboxylic acids is 1. The predicted molar refractivity (Wildman–Crippen MR) is 175 cm³/mol.